The quantitative estimate of drug-likeness (QED) is 0.150. The molecule has 0 unspecified atom stereocenters. The molecule has 0 aliphatic carbocycles. The Balaban J connectivity index is 1.37. The van der Waals surface area contributed by atoms with Gasteiger partial charge in [0.2, 0.25) is 0 Å². The summed E-state index contributed by atoms with van der Waals surface area (Å²) in [6.07, 6.45) is 24.1. The van der Waals surface area contributed by atoms with E-state index in [0.29, 0.717) is 50.1 Å². The van der Waals surface area contributed by atoms with Crippen LogP contribution in [0.4, 0.5) is 0 Å². The minimum absolute atomic E-state index is 0.506. The zero-order chi connectivity index (χ0) is 42.2. The van der Waals surface area contributed by atoms with E-state index < -0.39 is 0 Å². The Morgan fingerprint density at radius 2 is 0.733 bits per heavy atom. The molecule has 5 aliphatic rings. The molecule has 60 heavy (non-hydrogen) atoms. The van der Waals surface area contributed by atoms with Gasteiger partial charge in [-0.3, -0.25) is 0 Å². The lowest BCUT2D eigenvalue weighted by molar-refractivity contribution is 0.274. The number of nitrogens with zero attached hydrogens (tertiary/aromatic N) is 4. The Morgan fingerprint density at radius 3 is 1.05 bits per heavy atom. The third kappa shape index (κ3) is 10.5. The van der Waals surface area contributed by atoms with Crippen molar-refractivity contribution in [1.29, 1.82) is 0 Å². The minimum Gasteiger partial charge on any atom is -0.493 e. The highest BCUT2D eigenvalue weighted by molar-refractivity contribution is 6.35. The summed E-state index contributed by atoms with van der Waals surface area (Å²) in [5.41, 5.74) is 9.62. The van der Waals surface area contributed by atoms with Gasteiger partial charge in [0.15, 0.2) is 0 Å². The van der Waals surface area contributed by atoms with Crippen LogP contribution in [0.5, 0.6) is 23.0 Å². The summed E-state index contributed by atoms with van der Waals surface area (Å²) in [6, 6.07) is 12.1. The second kappa shape index (κ2) is 19.5. The summed E-state index contributed by atoms with van der Waals surface area (Å²) in [6.45, 7) is 20.0. The van der Waals surface area contributed by atoms with Crippen molar-refractivity contribution in [3.8, 4) is 23.0 Å². The molecule has 5 heterocycles. The second-order valence-corrected chi connectivity index (χ2v) is 17.4. The lowest BCUT2D eigenvalue weighted by Gasteiger charge is -2.20. The van der Waals surface area contributed by atoms with Gasteiger partial charge < -0.3 is 18.9 Å². The van der Waals surface area contributed by atoms with Crippen molar-refractivity contribution in [2.45, 2.75) is 81.1 Å². The Morgan fingerprint density at radius 1 is 0.400 bits per heavy atom. The largest absolute Gasteiger partial charge is 0.493 e. The molecule has 0 N–H and O–H groups in total. The normalized spacial score (nSPS) is 16.7. The van der Waals surface area contributed by atoms with E-state index >= 15 is 0 Å². The van der Waals surface area contributed by atoms with Crippen LogP contribution in [0.25, 0.3) is 11.1 Å². The predicted octanol–water partition coefficient (Wildman–Crippen LogP) is 12.3. The van der Waals surface area contributed by atoms with Crippen molar-refractivity contribution in [1.82, 2.24) is 0 Å². The molecule has 2 aromatic carbocycles. The van der Waals surface area contributed by atoms with Gasteiger partial charge in [-0.2, -0.15) is 0 Å². The number of rotatable bonds is 18. The molecule has 0 saturated carbocycles. The molecular formula is C52H60N4O4. The monoisotopic (exact) mass is 804 g/mol. The fourth-order valence-corrected chi connectivity index (χ4v) is 7.08. The number of benzene rings is 2. The topological polar surface area (TPSA) is 86.4 Å². The molecular weight excluding hydrogens is 745 g/mol. The molecule has 8 heteroatoms. The molecule has 2 aromatic rings. The van der Waals surface area contributed by atoms with Crippen molar-refractivity contribution in [3.63, 3.8) is 0 Å². The van der Waals surface area contributed by atoms with E-state index in [9.17, 15) is 0 Å². The molecule has 0 saturated heterocycles. The maximum absolute atomic E-state index is 6.56. The van der Waals surface area contributed by atoms with Crippen molar-refractivity contribution in [3.05, 3.63) is 131 Å². The second-order valence-electron chi connectivity index (χ2n) is 17.4. The van der Waals surface area contributed by atoms with E-state index in [0.717, 1.165) is 117 Å². The van der Waals surface area contributed by atoms with Crippen molar-refractivity contribution >= 4 is 34.0 Å². The fraction of sp³-hybridized carbons (Fsp3) is 0.385. The van der Waals surface area contributed by atoms with Crippen molar-refractivity contribution < 1.29 is 18.9 Å². The summed E-state index contributed by atoms with van der Waals surface area (Å²) in [7, 11) is 0. The van der Waals surface area contributed by atoms with E-state index in [-0.39, 0.29) is 0 Å². The van der Waals surface area contributed by atoms with Crippen LogP contribution in [-0.4, -0.2) is 49.3 Å². The molecule has 312 valence electrons. The number of hydrogen-bond donors (Lipinski definition) is 0. The summed E-state index contributed by atoms with van der Waals surface area (Å²) >= 11 is 0. The maximum atomic E-state index is 6.56. The van der Waals surface area contributed by atoms with Crippen molar-refractivity contribution in [2.24, 2.45) is 43.6 Å². The number of ether oxygens (including phenoxy) is 4. The van der Waals surface area contributed by atoms with Crippen LogP contribution < -0.4 is 18.9 Å². The zero-order valence-corrected chi connectivity index (χ0v) is 36.6. The summed E-state index contributed by atoms with van der Waals surface area (Å²) < 4.78 is 26.2. The standard InChI is InChI=1S/C52H60N4O4/c1-33(2)23-27-57-45-11-9-12-46(58-28-24-34(3)4)51(45)49-41-19-15-37(53-41)31-39-17-21-43(55-39)50(44-22-18-40(56-44)32-38-16-20-42(49)54-38)52-47(59-29-25-35(5)6)13-10-14-48(52)60-30-26-36(7)8/h9-22,31-36H,23-30H2,1-8H3. The van der Waals surface area contributed by atoms with Crippen LogP contribution in [0, 0.1) is 23.7 Å². The van der Waals surface area contributed by atoms with Gasteiger partial charge >= 0.3 is 0 Å². The van der Waals surface area contributed by atoms with Gasteiger partial charge in [-0.1, -0.05) is 67.5 Å². The average Bonchev–Trinajstić information content (AvgIpc) is 4.03. The third-order valence-electron chi connectivity index (χ3n) is 10.5. The van der Waals surface area contributed by atoms with Gasteiger partial charge in [0.25, 0.3) is 0 Å². The molecule has 0 atom stereocenters. The Kier molecular flexibility index (Phi) is 13.8. The van der Waals surface area contributed by atoms with Crippen LogP contribution in [0.1, 0.15) is 92.2 Å². The predicted molar refractivity (Wildman–Crippen MR) is 249 cm³/mol. The first-order valence-corrected chi connectivity index (χ1v) is 21.8. The van der Waals surface area contributed by atoms with Gasteiger partial charge in [-0.15, -0.1) is 0 Å². The first-order valence-electron chi connectivity index (χ1n) is 21.8. The third-order valence-corrected chi connectivity index (χ3v) is 10.5. The Bertz CT molecular complexity index is 2110. The lowest BCUT2D eigenvalue weighted by atomic mass is 9.96. The SMILES string of the molecule is CC(C)CCOc1cccc(OCCC(C)C)c1C1=C2C=CC(=N2)C=C2C=CC(=N2)C(c2c(OCCC(C)C)cccc2OCCC(C)C)=C2C=CC(=N2)C=C2C=CC1=N2. The maximum Gasteiger partial charge on any atom is 0.131 e. The highest BCUT2D eigenvalue weighted by Crippen LogP contribution is 2.43. The van der Waals surface area contributed by atoms with Crippen LogP contribution >= 0.6 is 0 Å². The molecule has 0 amide bonds. The average molecular weight is 805 g/mol. The van der Waals surface area contributed by atoms with Crippen LogP contribution in [0.3, 0.4) is 0 Å². The first kappa shape index (κ1) is 42.4. The van der Waals surface area contributed by atoms with Gasteiger partial charge in [-0.25, -0.2) is 20.0 Å². The van der Waals surface area contributed by atoms with Gasteiger partial charge in [0.1, 0.15) is 23.0 Å². The molecule has 7 rings (SSSR count). The summed E-state index contributed by atoms with van der Waals surface area (Å²) in [4.78, 5) is 20.9. The smallest absolute Gasteiger partial charge is 0.131 e. The molecule has 0 spiro atoms. The van der Waals surface area contributed by atoms with Crippen LogP contribution in [0.2, 0.25) is 0 Å². The summed E-state index contributed by atoms with van der Waals surface area (Å²) in [5.74, 6) is 5.01. The molecule has 0 fully saturated rings. The first-order chi connectivity index (χ1) is 29.0. The Labute approximate surface area is 357 Å². The summed E-state index contributed by atoms with van der Waals surface area (Å²) in [5, 5.41) is 0. The van der Waals surface area contributed by atoms with Crippen molar-refractivity contribution in [2.75, 3.05) is 26.4 Å². The Hall–Kier alpha value is -5.76. The molecule has 5 aliphatic heterocycles. The number of hydrogen-bond acceptors (Lipinski definition) is 8. The van der Waals surface area contributed by atoms with E-state index in [4.69, 9.17) is 38.9 Å². The van der Waals surface area contributed by atoms with E-state index in [1.165, 1.54) is 0 Å². The van der Waals surface area contributed by atoms with E-state index in [2.05, 4.69) is 79.7 Å². The fourth-order valence-electron chi connectivity index (χ4n) is 7.08. The van der Waals surface area contributed by atoms with Gasteiger partial charge in [-0.05, 0) is 134 Å². The highest BCUT2D eigenvalue weighted by Gasteiger charge is 2.28. The molecule has 0 aromatic heterocycles. The molecule has 0 radical (unpaired) electrons. The van der Waals surface area contributed by atoms with Crippen LogP contribution in [-0.2, 0) is 0 Å². The zero-order valence-electron chi connectivity index (χ0n) is 36.6. The highest BCUT2D eigenvalue weighted by atomic mass is 16.5. The number of aliphatic imine (C=N–C) groups is 4. The van der Waals surface area contributed by atoms with E-state index in [1.54, 1.807) is 0 Å². The number of allylic oxidation sites excluding steroid dienone is 12. The lowest BCUT2D eigenvalue weighted by Crippen LogP contribution is -2.10. The number of fused-ring (bicyclic) bond motifs is 4. The molecule has 8 nitrogen and oxygen atoms in total. The van der Waals surface area contributed by atoms with Crippen LogP contribution in [0.15, 0.2) is 140 Å². The van der Waals surface area contributed by atoms with Gasteiger partial charge in [0, 0.05) is 11.1 Å². The minimum atomic E-state index is 0.506. The van der Waals surface area contributed by atoms with E-state index in [1.807, 2.05) is 72.9 Å². The molecule has 8 bridgehead atoms. The van der Waals surface area contributed by atoms with Gasteiger partial charge in [0.05, 0.1) is 83.2 Å².